The molecule has 3 heteroatoms. The Morgan fingerprint density at radius 3 is 2.81 bits per heavy atom. The van der Waals surface area contributed by atoms with E-state index in [1.165, 1.54) is 12.1 Å². The van der Waals surface area contributed by atoms with Gasteiger partial charge in [0, 0.05) is 0 Å². The van der Waals surface area contributed by atoms with Crippen LogP contribution in [0, 0.1) is 24.1 Å². The lowest BCUT2D eigenvalue weighted by molar-refractivity contribution is 0.110. The van der Waals surface area contributed by atoms with Crippen LogP contribution in [0.4, 0.5) is 4.39 Å². The molecule has 106 valence electrons. The predicted octanol–water partition coefficient (Wildman–Crippen LogP) is 3.58. The third-order valence-corrected chi connectivity index (χ3v) is 4.49. The minimum atomic E-state index is -1.03. The van der Waals surface area contributed by atoms with E-state index in [0.29, 0.717) is 12.0 Å². The lowest BCUT2D eigenvalue weighted by Crippen LogP contribution is -2.30. The second-order valence-corrected chi connectivity index (χ2v) is 5.64. The lowest BCUT2D eigenvalue weighted by atomic mass is 9.74. The molecule has 0 saturated heterocycles. The molecule has 2 aromatic carbocycles. The molecule has 0 radical (unpaired) electrons. The summed E-state index contributed by atoms with van der Waals surface area (Å²) in [6.45, 7) is 1.82. The number of halogens is 1. The number of nitriles is 1. The standard InChI is InChI=1S/C18H16FNO/c1-12-6-7-14(19)10-15(12)17(21)18(11-20)9-8-13-4-2-3-5-16(13)18/h2-7,10,17,21H,8-9H2,1H3. The van der Waals surface area contributed by atoms with Gasteiger partial charge in [0.25, 0.3) is 0 Å². The van der Waals surface area contributed by atoms with Crippen LogP contribution < -0.4 is 0 Å². The molecule has 21 heavy (non-hydrogen) atoms. The summed E-state index contributed by atoms with van der Waals surface area (Å²) >= 11 is 0. The molecular weight excluding hydrogens is 265 g/mol. The summed E-state index contributed by atoms with van der Waals surface area (Å²) in [5.74, 6) is -0.394. The number of benzene rings is 2. The monoisotopic (exact) mass is 281 g/mol. The molecular formula is C18H16FNO. The van der Waals surface area contributed by atoms with Gasteiger partial charge in [-0.05, 0) is 54.2 Å². The normalized spacial score (nSPS) is 21.6. The molecule has 1 N–H and O–H groups in total. The zero-order chi connectivity index (χ0) is 15.0. The van der Waals surface area contributed by atoms with Crippen LogP contribution in [0.15, 0.2) is 42.5 Å². The summed E-state index contributed by atoms with van der Waals surface area (Å²) in [4.78, 5) is 0. The zero-order valence-electron chi connectivity index (χ0n) is 11.8. The van der Waals surface area contributed by atoms with Gasteiger partial charge in [-0.1, -0.05) is 30.3 Å². The Bertz CT molecular complexity index is 734. The van der Waals surface area contributed by atoms with Crippen molar-refractivity contribution in [2.24, 2.45) is 0 Å². The van der Waals surface area contributed by atoms with E-state index in [0.717, 1.165) is 23.1 Å². The van der Waals surface area contributed by atoms with Crippen LogP contribution >= 0.6 is 0 Å². The second-order valence-electron chi connectivity index (χ2n) is 5.64. The maximum absolute atomic E-state index is 13.5. The Morgan fingerprint density at radius 2 is 2.05 bits per heavy atom. The molecule has 0 fully saturated rings. The molecule has 0 heterocycles. The SMILES string of the molecule is Cc1ccc(F)cc1C(O)C1(C#N)CCc2ccccc21. The van der Waals surface area contributed by atoms with Crippen LogP contribution in [0.3, 0.4) is 0 Å². The van der Waals surface area contributed by atoms with Crippen molar-refractivity contribution < 1.29 is 9.50 Å². The van der Waals surface area contributed by atoms with Crippen molar-refractivity contribution in [1.82, 2.24) is 0 Å². The summed E-state index contributed by atoms with van der Waals surface area (Å²) in [7, 11) is 0. The van der Waals surface area contributed by atoms with Gasteiger partial charge >= 0.3 is 0 Å². The Hall–Kier alpha value is -2.18. The number of aliphatic hydroxyl groups is 1. The van der Waals surface area contributed by atoms with Crippen molar-refractivity contribution in [2.75, 3.05) is 0 Å². The largest absolute Gasteiger partial charge is 0.386 e. The van der Waals surface area contributed by atoms with Crippen LogP contribution in [-0.4, -0.2) is 5.11 Å². The van der Waals surface area contributed by atoms with Crippen LogP contribution in [-0.2, 0) is 11.8 Å². The van der Waals surface area contributed by atoms with Crippen molar-refractivity contribution in [1.29, 1.82) is 5.26 Å². The molecule has 0 aliphatic heterocycles. The predicted molar refractivity (Wildman–Crippen MR) is 78.2 cm³/mol. The van der Waals surface area contributed by atoms with Gasteiger partial charge in [0.2, 0.25) is 0 Å². The van der Waals surface area contributed by atoms with Crippen LogP contribution in [0.5, 0.6) is 0 Å². The highest BCUT2D eigenvalue weighted by molar-refractivity contribution is 5.48. The molecule has 0 aromatic heterocycles. The van der Waals surface area contributed by atoms with E-state index in [9.17, 15) is 14.8 Å². The molecule has 3 rings (SSSR count). The molecule has 0 bridgehead atoms. The van der Waals surface area contributed by atoms with E-state index in [2.05, 4.69) is 6.07 Å². The fourth-order valence-electron chi connectivity index (χ4n) is 3.27. The number of nitrogens with zero attached hydrogens (tertiary/aromatic N) is 1. The third-order valence-electron chi connectivity index (χ3n) is 4.49. The van der Waals surface area contributed by atoms with Gasteiger partial charge in [0.1, 0.15) is 17.3 Å². The lowest BCUT2D eigenvalue weighted by Gasteiger charge is -2.29. The third kappa shape index (κ3) is 2.03. The number of hydrogen-bond donors (Lipinski definition) is 1. The molecule has 2 unspecified atom stereocenters. The van der Waals surface area contributed by atoms with Gasteiger partial charge in [-0.15, -0.1) is 0 Å². The highest BCUT2D eigenvalue weighted by Crippen LogP contribution is 2.47. The number of fused-ring (bicyclic) bond motifs is 1. The van der Waals surface area contributed by atoms with Crippen molar-refractivity contribution in [3.05, 3.63) is 70.5 Å². The van der Waals surface area contributed by atoms with E-state index in [1.807, 2.05) is 31.2 Å². The number of hydrogen-bond acceptors (Lipinski definition) is 2. The van der Waals surface area contributed by atoms with E-state index in [1.54, 1.807) is 6.07 Å². The molecule has 1 aliphatic rings. The van der Waals surface area contributed by atoms with E-state index >= 15 is 0 Å². The molecule has 0 saturated carbocycles. The first-order chi connectivity index (χ1) is 10.1. The number of aryl methyl sites for hydroxylation is 2. The summed E-state index contributed by atoms with van der Waals surface area (Å²) in [5, 5.41) is 20.6. The molecule has 0 amide bonds. The first-order valence-electron chi connectivity index (χ1n) is 7.02. The fraction of sp³-hybridized carbons (Fsp3) is 0.278. The quantitative estimate of drug-likeness (QED) is 0.914. The first-order valence-corrected chi connectivity index (χ1v) is 7.02. The smallest absolute Gasteiger partial charge is 0.123 e. The number of rotatable bonds is 2. The average Bonchev–Trinajstić information content (AvgIpc) is 2.89. The maximum Gasteiger partial charge on any atom is 0.123 e. The van der Waals surface area contributed by atoms with Gasteiger partial charge in [-0.2, -0.15) is 5.26 Å². The van der Waals surface area contributed by atoms with Crippen molar-refractivity contribution in [2.45, 2.75) is 31.3 Å². The zero-order valence-corrected chi connectivity index (χ0v) is 11.8. The van der Waals surface area contributed by atoms with E-state index in [4.69, 9.17) is 0 Å². The summed E-state index contributed by atoms with van der Waals surface area (Å²) in [5.41, 5.74) is 2.25. The summed E-state index contributed by atoms with van der Waals surface area (Å²) in [6, 6.07) is 14.3. The van der Waals surface area contributed by atoms with Gasteiger partial charge in [0.15, 0.2) is 0 Å². The second kappa shape index (κ2) is 4.98. The topological polar surface area (TPSA) is 44.0 Å². The van der Waals surface area contributed by atoms with Crippen molar-refractivity contribution >= 4 is 0 Å². The summed E-state index contributed by atoms with van der Waals surface area (Å²) < 4.78 is 13.5. The van der Waals surface area contributed by atoms with Crippen LogP contribution in [0.25, 0.3) is 0 Å². The minimum absolute atomic E-state index is 0.394. The Morgan fingerprint density at radius 1 is 1.29 bits per heavy atom. The maximum atomic E-state index is 13.5. The van der Waals surface area contributed by atoms with Crippen molar-refractivity contribution in [3.63, 3.8) is 0 Å². The van der Waals surface area contributed by atoms with E-state index in [-0.39, 0.29) is 0 Å². The average molecular weight is 281 g/mol. The first kappa shape index (κ1) is 13.8. The highest BCUT2D eigenvalue weighted by Gasteiger charge is 2.46. The Kier molecular flexibility index (Phi) is 3.27. The molecule has 2 atom stereocenters. The Labute approximate surface area is 123 Å². The van der Waals surface area contributed by atoms with Gasteiger partial charge in [-0.3, -0.25) is 0 Å². The van der Waals surface area contributed by atoms with Gasteiger partial charge in [-0.25, -0.2) is 4.39 Å². The van der Waals surface area contributed by atoms with Gasteiger partial charge < -0.3 is 5.11 Å². The molecule has 1 aliphatic carbocycles. The fourth-order valence-corrected chi connectivity index (χ4v) is 3.27. The van der Waals surface area contributed by atoms with Crippen LogP contribution in [0.2, 0.25) is 0 Å². The van der Waals surface area contributed by atoms with Crippen molar-refractivity contribution in [3.8, 4) is 6.07 Å². The Balaban J connectivity index is 2.14. The minimum Gasteiger partial charge on any atom is -0.386 e. The summed E-state index contributed by atoms with van der Waals surface area (Å²) in [6.07, 6.45) is 0.289. The van der Waals surface area contributed by atoms with Gasteiger partial charge in [0.05, 0.1) is 6.07 Å². The number of aliphatic hydroxyl groups excluding tert-OH is 1. The highest BCUT2D eigenvalue weighted by atomic mass is 19.1. The van der Waals surface area contributed by atoms with E-state index < -0.39 is 17.3 Å². The molecule has 2 aromatic rings. The molecule has 2 nitrogen and oxygen atoms in total. The van der Waals surface area contributed by atoms with Crippen LogP contribution in [0.1, 0.15) is 34.8 Å². The molecule has 0 spiro atoms.